The Bertz CT molecular complexity index is 1150. The van der Waals surface area contributed by atoms with Crippen molar-refractivity contribution in [1.29, 1.82) is 0 Å². The van der Waals surface area contributed by atoms with Crippen LogP contribution in [0.1, 0.15) is 83.4 Å². The molecule has 1 aliphatic rings. The first kappa shape index (κ1) is 29.6. The summed E-state index contributed by atoms with van der Waals surface area (Å²) in [6.07, 6.45) is 9.04. The number of nitrogen functional groups attached to an aromatic ring is 1. The van der Waals surface area contributed by atoms with E-state index in [2.05, 4.69) is 58.2 Å². The van der Waals surface area contributed by atoms with E-state index in [0.29, 0.717) is 42.7 Å². The zero-order valence-corrected chi connectivity index (χ0v) is 24.5. The normalized spacial score (nSPS) is 17.0. The van der Waals surface area contributed by atoms with E-state index in [1.165, 1.54) is 12.0 Å². The number of nitrogens with zero attached hydrogens (tertiary/aromatic N) is 4. The van der Waals surface area contributed by atoms with Crippen LogP contribution in [0.2, 0.25) is 0 Å². The number of hydrogen-bond acceptors (Lipinski definition) is 9. The van der Waals surface area contributed by atoms with Crippen molar-refractivity contribution in [2.75, 3.05) is 26.1 Å². The number of hydrogen-bond donors (Lipinski definition) is 2. The molecule has 4 unspecified atom stereocenters. The van der Waals surface area contributed by atoms with Crippen molar-refractivity contribution in [2.24, 2.45) is 0 Å². The lowest BCUT2D eigenvalue weighted by atomic mass is 9.94. The minimum absolute atomic E-state index is 0.00764. The fraction of sp³-hybridized carbons (Fsp3) is 0.607. The molecule has 1 fully saturated rings. The van der Waals surface area contributed by atoms with E-state index in [1.807, 2.05) is 17.6 Å². The van der Waals surface area contributed by atoms with Crippen molar-refractivity contribution in [1.82, 2.24) is 24.6 Å². The Morgan fingerprint density at radius 3 is 2.64 bits per heavy atom. The van der Waals surface area contributed by atoms with E-state index >= 15 is 0 Å². The molecule has 214 valence electrons. The van der Waals surface area contributed by atoms with Gasteiger partial charge in [-0.1, -0.05) is 56.5 Å². The van der Waals surface area contributed by atoms with Gasteiger partial charge in [0.2, 0.25) is 11.8 Å². The molecule has 3 N–H and O–H groups in total. The molecular weight excluding hydrogens is 515 g/mol. The van der Waals surface area contributed by atoms with E-state index in [-0.39, 0.29) is 24.2 Å². The van der Waals surface area contributed by atoms with E-state index in [4.69, 9.17) is 24.3 Å². The second-order valence-electron chi connectivity index (χ2n) is 10.0. The third kappa shape index (κ3) is 8.08. The van der Waals surface area contributed by atoms with E-state index < -0.39 is 8.53 Å². The summed E-state index contributed by atoms with van der Waals surface area (Å²) in [5, 5.41) is 3.64. The lowest BCUT2D eigenvalue weighted by molar-refractivity contribution is 0.0369. The number of benzene rings is 1. The number of unbranched alkanes of at least 4 members (excludes halogenated alkanes) is 1. The zero-order chi connectivity index (χ0) is 27.6. The molecule has 2 aromatic heterocycles. The SMILES string of the molecule is CCCCC(OP(NC1CCC1)OCC(CC(C)n1cnc2c(OCC)nc(N)nc21)OC)c1ccccc1. The third-order valence-corrected chi connectivity index (χ3v) is 8.49. The Morgan fingerprint density at radius 1 is 1.18 bits per heavy atom. The topological polar surface area (TPSA) is 119 Å². The number of anilines is 1. The number of imidazole rings is 1. The standard InChI is InChI=1S/C28H43N6O4P/c1-5-7-16-24(21-12-9-8-10-13-21)38-39(33-22-14-11-15-22)37-18-23(35-4)17-20(3)34-19-30-25-26(34)31-28(29)32-27(25)36-6-2/h8-10,12-13,19-20,22-24,33H,5-7,11,14-18H2,1-4H3,(H2,29,31,32). The van der Waals surface area contributed by atoms with Gasteiger partial charge in [0.15, 0.2) is 11.2 Å². The van der Waals surface area contributed by atoms with E-state index in [1.54, 1.807) is 13.4 Å². The molecule has 1 aliphatic carbocycles. The van der Waals surface area contributed by atoms with Gasteiger partial charge in [0.25, 0.3) is 8.53 Å². The van der Waals surface area contributed by atoms with Crippen molar-refractivity contribution in [3.05, 3.63) is 42.2 Å². The summed E-state index contributed by atoms with van der Waals surface area (Å²) in [5.74, 6) is 0.561. The molecule has 0 spiro atoms. The van der Waals surface area contributed by atoms with Crippen LogP contribution in [-0.4, -0.2) is 52.0 Å². The van der Waals surface area contributed by atoms with Gasteiger partial charge in [-0.05, 0) is 45.1 Å². The first-order chi connectivity index (χ1) is 19.0. The molecule has 2 heterocycles. The maximum absolute atomic E-state index is 6.64. The second-order valence-corrected chi connectivity index (χ2v) is 11.3. The molecule has 39 heavy (non-hydrogen) atoms. The quantitative estimate of drug-likeness (QED) is 0.189. The molecule has 10 nitrogen and oxygen atoms in total. The summed E-state index contributed by atoms with van der Waals surface area (Å²) in [4.78, 5) is 13.1. The molecule has 11 heteroatoms. The molecule has 0 radical (unpaired) electrons. The van der Waals surface area contributed by atoms with Gasteiger partial charge in [0.1, 0.15) is 0 Å². The summed E-state index contributed by atoms with van der Waals surface area (Å²) in [5.41, 5.74) is 8.39. The summed E-state index contributed by atoms with van der Waals surface area (Å²) < 4.78 is 26.5. The summed E-state index contributed by atoms with van der Waals surface area (Å²) in [6.45, 7) is 7.10. The van der Waals surface area contributed by atoms with Crippen LogP contribution < -0.4 is 15.6 Å². The zero-order valence-electron chi connectivity index (χ0n) is 23.6. The fourth-order valence-corrected chi connectivity index (χ4v) is 6.09. The molecule has 0 aliphatic heterocycles. The highest BCUT2D eigenvalue weighted by atomic mass is 31.2. The van der Waals surface area contributed by atoms with Gasteiger partial charge in [0, 0.05) is 19.2 Å². The smallest absolute Gasteiger partial charge is 0.256 e. The van der Waals surface area contributed by atoms with Crippen LogP contribution in [0.15, 0.2) is 36.7 Å². The van der Waals surface area contributed by atoms with Gasteiger partial charge in [-0.15, -0.1) is 0 Å². The first-order valence-corrected chi connectivity index (χ1v) is 15.3. The summed E-state index contributed by atoms with van der Waals surface area (Å²) >= 11 is 0. The highest BCUT2D eigenvalue weighted by Gasteiger charge is 2.28. The van der Waals surface area contributed by atoms with Gasteiger partial charge in [-0.2, -0.15) is 9.97 Å². The van der Waals surface area contributed by atoms with Crippen LogP contribution in [0.25, 0.3) is 11.2 Å². The number of nitrogens with one attached hydrogen (secondary N) is 1. The Kier molecular flexibility index (Phi) is 11.3. The predicted octanol–water partition coefficient (Wildman–Crippen LogP) is 6.11. The number of nitrogens with two attached hydrogens (primary N) is 1. The van der Waals surface area contributed by atoms with Crippen LogP contribution >= 0.6 is 8.53 Å². The Hall–Kier alpha value is -2.36. The number of methoxy groups -OCH3 is 1. The largest absolute Gasteiger partial charge is 0.476 e. The average Bonchev–Trinajstić information content (AvgIpc) is 3.35. The number of rotatable bonds is 17. The lowest BCUT2D eigenvalue weighted by Crippen LogP contribution is -2.33. The maximum atomic E-state index is 6.64. The van der Waals surface area contributed by atoms with Gasteiger partial charge < -0.3 is 28.8 Å². The van der Waals surface area contributed by atoms with E-state index in [9.17, 15) is 0 Å². The predicted molar refractivity (Wildman–Crippen MR) is 154 cm³/mol. The molecule has 0 saturated heterocycles. The van der Waals surface area contributed by atoms with Crippen molar-refractivity contribution < 1.29 is 18.5 Å². The summed E-state index contributed by atoms with van der Waals surface area (Å²) in [6, 6.07) is 10.9. The molecule has 4 atom stereocenters. The average molecular weight is 559 g/mol. The van der Waals surface area contributed by atoms with E-state index in [0.717, 1.165) is 32.1 Å². The van der Waals surface area contributed by atoms with Gasteiger partial charge in [0.05, 0.1) is 31.7 Å². The Balaban J connectivity index is 1.42. The van der Waals surface area contributed by atoms with Crippen LogP contribution in [0.4, 0.5) is 5.95 Å². The number of aromatic nitrogens is 4. The molecule has 0 amide bonds. The second kappa shape index (κ2) is 14.9. The fourth-order valence-electron chi connectivity index (χ4n) is 4.58. The van der Waals surface area contributed by atoms with Gasteiger partial charge in [-0.3, -0.25) is 0 Å². The molecule has 1 saturated carbocycles. The highest BCUT2D eigenvalue weighted by molar-refractivity contribution is 7.45. The van der Waals surface area contributed by atoms with Crippen LogP contribution in [0, 0.1) is 0 Å². The minimum Gasteiger partial charge on any atom is -0.476 e. The third-order valence-electron chi connectivity index (χ3n) is 7.09. The maximum Gasteiger partial charge on any atom is 0.256 e. The lowest BCUT2D eigenvalue weighted by Gasteiger charge is -2.33. The van der Waals surface area contributed by atoms with Crippen LogP contribution in [0.5, 0.6) is 5.88 Å². The van der Waals surface area contributed by atoms with Crippen molar-refractivity contribution in [3.63, 3.8) is 0 Å². The van der Waals surface area contributed by atoms with Crippen molar-refractivity contribution >= 4 is 25.6 Å². The first-order valence-electron chi connectivity index (χ1n) is 14.1. The number of ether oxygens (including phenoxy) is 2. The number of fused-ring (bicyclic) bond motifs is 1. The minimum atomic E-state index is -1.29. The molecule has 4 rings (SSSR count). The Labute approximate surface area is 233 Å². The molecule has 3 aromatic rings. The van der Waals surface area contributed by atoms with Crippen molar-refractivity contribution in [2.45, 2.75) is 90.0 Å². The monoisotopic (exact) mass is 558 g/mol. The van der Waals surface area contributed by atoms with Crippen LogP contribution in [-0.2, 0) is 13.8 Å². The highest BCUT2D eigenvalue weighted by Crippen LogP contribution is 2.44. The van der Waals surface area contributed by atoms with Crippen LogP contribution in [0.3, 0.4) is 0 Å². The van der Waals surface area contributed by atoms with Gasteiger partial charge >= 0.3 is 0 Å². The summed E-state index contributed by atoms with van der Waals surface area (Å²) in [7, 11) is 0.432. The molecular formula is C28H43N6O4P. The molecule has 0 bridgehead atoms. The Morgan fingerprint density at radius 2 is 1.97 bits per heavy atom. The molecule has 1 aromatic carbocycles. The van der Waals surface area contributed by atoms with Gasteiger partial charge in [-0.25, -0.2) is 10.1 Å². The van der Waals surface area contributed by atoms with Crippen molar-refractivity contribution in [3.8, 4) is 5.88 Å².